The van der Waals surface area contributed by atoms with Gasteiger partial charge >= 0.3 is 0 Å². The molecule has 0 bridgehead atoms. The van der Waals surface area contributed by atoms with Crippen molar-refractivity contribution < 1.29 is 23.8 Å². The van der Waals surface area contributed by atoms with E-state index in [0.29, 0.717) is 57.0 Å². The second-order valence-corrected chi connectivity index (χ2v) is 7.13. The number of carbonyl (C=O) groups excluding carboxylic acids is 2. The molecule has 0 aliphatic carbocycles. The molecule has 0 spiro atoms. The van der Waals surface area contributed by atoms with Gasteiger partial charge in [0.25, 0.3) is 0 Å². The number of ether oxygens (including phenoxy) is 3. The van der Waals surface area contributed by atoms with Gasteiger partial charge in [-0.3, -0.25) is 9.59 Å². The molecule has 0 radical (unpaired) electrons. The molecule has 1 unspecified atom stereocenters. The maximum Gasteiger partial charge on any atom is 0.222 e. The van der Waals surface area contributed by atoms with E-state index in [1.54, 1.807) is 12.0 Å². The summed E-state index contributed by atoms with van der Waals surface area (Å²) >= 11 is 0. The van der Waals surface area contributed by atoms with Gasteiger partial charge < -0.3 is 24.4 Å². The van der Waals surface area contributed by atoms with Crippen molar-refractivity contribution in [3.8, 4) is 11.5 Å². The lowest BCUT2D eigenvalue weighted by molar-refractivity contribution is -0.131. The SMILES string of the molecule is CCN(CC)C(=O)CCCC(=O)NCc1ccc(OCC2CCCO2)c(OC)c1. The first-order chi connectivity index (χ1) is 14.1. The summed E-state index contributed by atoms with van der Waals surface area (Å²) in [6, 6.07) is 5.64. The van der Waals surface area contributed by atoms with Crippen molar-refractivity contribution in [1.29, 1.82) is 0 Å². The highest BCUT2D eigenvalue weighted by atomic mass is 16.5. The highest BCUT2D eigenvalue weighted by molar-refractivity contribution is 5.78. The topological polar surface area (TPSA) is 77.1 Å². The number of benzene rings is 1. The van der Waals surface area contributed by atoms with E-state index < -0.39 is 0 Å². The molecule has 2 rings (SSSR count). The van der Waals surface area contributed by atoms with Crippen molar-refractivity contribution in [3.63, 3.8) is 0 Å². The van der Waals surface area contributed by atoms with E-state index in [2.05, 4.69) is 5.32 Å². The molecule has 1 heterocycles. The van der Waals surface area contributed by atoms with E-state index >= 15 is 0 Å². The van der Waals surface area contributed by atoms with Crippen molar-refractivity contribution in [3.05, 3.63) is 23.8 Å². The lowest BCUT2D eigenvalue weighted by Crippen LogP contribution is -2.30. The molecular formula is C22H34N2O5. The number of nitrogens with one attached hydrogen (secondary N) is 1. The first kappa shape index (κ1) is 23.0. The average Bonchev–Trinajstić information content (AvgIpc) is 3.25. The summed E-state index contributed by atoms with van der Waals surface area (Å²) in [5.41, 5.74) is 0.930. The molecule has 7 heteroatoms. The summed E-state index contributed by atoms with van der Waals surface area (Å²) in [6.45, 7) is 7.05. The Labute approximate surface area is 173 Å². The molecule has 1 atom stereocenters. The summed E-state index contributed by atoms with van der Waals surface area (Å²) in [5.74, 6) is 1.36. The number of rotatable bonds is 12. The van der Waals surface area contributed by atoms with E-state index in [0.717, 1.165) is 25.0 Å². The maximum atomic E-state index is 12.1. The third-order valence-corrected chi connectivity index (χ3v) is 5.08. The van der Waals surface area contributed by atoms with Gasteiger partial charge in [0, 0.05) is 39.1 Å². The fourth-order valence-corrected chi connectivity index (χ4v) is 3.32. The smallest absolute Gasteiger partial charge is 0.222 e. The number of nitrogens with zero attached hydrogens (tertiary/aromatic N) is 1. The fourth-order valence-electron chi connectivity index (χ4n) is 3.32. The number of methoxy groups -OCH3 is 1. The second-order valence-electron chi connectivity index (χ2n) is 7.13. The monoisotopic (exact) mass is 406 g/mol. The molecule has 2 amide bonds. The Kier molecular flexibility index (Phi) is 9.77. The molecule has 1 aromatic carbocycles. The molecule has 1 fully saturated rings. The van der Waals surface area contributed by atoms with E-state index in [1.807, 2.05) is 32.0 Å². The van der Waals surface area contributed by atoms with Gasteiger partial charge in [-0.2, -0.15) is 0 Å². The van der Waals surface area contributed by atoms with Crippen molar-refractivity contribution >= 4 is 11.8 Å². The van der Waals surface area contributed by atoms with Gasteiger partial charge in [-0.15, -0.1) is 0 Å². The number of carbonyl (C=O) groups is 2. The van der Waals surface area contributed by atoms with E-state index in [9.17, 15) is 9.59 Å². The molecule has 0 saturated carbocycles. The zero-order valence-corrected chi connectivity index (χ0v) is 17.9. The summed E-state index contributed by atoms with van der Waals surface area (Å²) in [6.07, 6.45) is 3.54. The van der Waals surface area contributed by atoms with Crippen LogP contribution in [-0.4, -0.2) is 56.2 Å². The average molecular weight is 407 g/mol. The maximum absolute atomic E-state index is 12.1. The predicted octanol–water partition coefficient (Wildman–Crippen LogP) is 2.91. The van der Waals surface area contributed by atoms with Crippen LogP contribution in [0.15, 0.2) is 18.2 Å². The molecule has 29 heavy (non-hydrogen) atoms. The van der Waals surface area contributed by atoms with Crippen LogP contribution in [0.2, 0.25) is 0 Å². The Bertz CT molecular complexity index is 655. The predicted molar refractivity (Wildman–Crippen MR) is 111 cm³/mol. The Balaban J connectivity index is 1.74. The number of hydrogen-bond acceptors (Lipinski definition) is 5. The summed E-state index contributed by atoms with van der Waals surface area (Å²) in [5, 5.41) is 2.90. The van der Waals surface area contributed by atoms with Gasteiger partial charge in [0.05, 0.1) is 13.2 Å². The molecule has 1 aromatic rings. The van der Waals surface area contributed by atoms with Gasteiger partial charge in [-0.25, -0.2) is 0 Å². The highest BCUT2D eigenvalue weighted by Gasteiger charge is 2.17. The zero-order chi connectivity index (χ0) is 21.1. The van der Waals surface area contributed by atoms with Crippen LogP contribution in [-0.2, 0) is 20.9 Å². The third kappa shape index (κ3) is 7.57. The van der Waals surface area contributed by atoms with Crippen molar-refractivity contribution in [1.82, 2.24) is 10.2 Å². The van der Waals surface area contributed by atoms with E-state index in [4.69, 9.17) is 14.2 Å². The van der Waals surface area contributed by atoms with Crippen LogP contribution >= 0.6 is 0 Å². The number of amides is 2. The second kappa shape index (κ2) is 12.3. The minimum absolute atomic E-state index is 0.0602. The van der Waals surface area contributed by atoms with Crippen LogP contribution in [0, 0.1) is 0 Å². The van der Waals surface area contributed by atoms with Gasteiger partial charge in [0.15, 0.2) is 11.5 Å². The lowest BCUT2D eigenvalue weighted by Gasteiger charge is -2.18. The molecule has 162 valence electrons. The summed E-state index contributed by atoms with van der Waals surface area (Å²) in [4.78, 5) is 25.8. The molecule has 1 aliphatic rings. The Morgan fingerprint density at radius 2 is 2.00 bits per heavy atom. The molecule has 1 aliphatic heterocycles. The Hall–Kier alpha value is -2.28. The van der Waals surface area contributed by atoms with Crippen molar-refractivity contribution in [2.45, 2.75) is 58.6 Å². The molecule has 1 saturated heterocycles. The number of hydrogen-bond donors (Lipinski definition) is 1. The van der Waals surface area contributed by atoms with E-state index in [1.165, 1.54) is 0 Å². The summed E-state index contributed by atoms with van der Waals surface area (Å²) in [7, 11) is 1.60. The van der Waals surface area contributed by atoms with Gasteiger partial charge in [-0.1, -0.05) is 6.07 Å². The molecular weight excluding hydrogens is 372 g/mol. The standard InChI is InChI=1S/C22H34N2O5/c1-4-24(5-2)22(26)10-6-9-21(25)23-15-17-11-12-19(20(14-17)27-3)29-16-18-8-7-13-28-18/h11-12,14,18H,4-10,13,15-16H2,1-3H3,(H,23,25). The Morgan fingerprint density at radius 1 is 1.21 bits per heavy atom. The van der Waals surface area contributed by atoms with Crippen LogP contribution in [0.25, 0.3) is 0 Å². The van der Waals surface area contributed by atoms with Crippen LogP contribution in [0.4, 0.5) is 0 Å². The molecule has 1 N–H and O–H groups in total. The van der Waals surface area contributed by atoms with Crippen LogP contribution < -0.4 is 14.8 Å². The van der Waals surface area contributed by atoms with E-state index in [-0.39, 0.29) is 17.9 Å². The van der Waals surface area contributed by atoms with Gasteiger partial charge in [-0.05, 0) is 50.8 Å². The summed E-state index contributed by atoms with van der Waals surface area (Å²) < 4.78 is 16.8. The minimum Gasteiger partial charge on any atom is -0.493 e. The first-order valence-electron chi connectivity index (χ1n) is 10.5. The first-order valence-corrected chi connectivity index (χ1v) is 10.5. The fraction of sp³-hybridized carbons (Fsp3) is 0.636. The van der Waals surface area contributed by atoms with Crippen LogP contribution in [0.5, 0.6) is 11.5 Å². The van der Waals surface area contributed by atoms with Gasteiger partial charge in [0.2, 0.25) is 11.8 Å². The van der Waals surface area contributed by atoms with Crippen LogP contribution in [0.3, 0.4) is 0 Å². The molecule has 7 nitrogen and oxygen atoms in total. The largest absolute Gasteiger partial charge is 0.493 e. The highest BCUT2D eigenvalue weighted by Crippen LogP contribution is 2.29. The van der Waals surface area contributed by atoms with Gasteiger partial charge in [0.1, 0.15) is 6.61 Å². The quantitative estimate of drug-likeness (QED) is 0.578. The third-order valence-electron chi connectivity index (χ3n) is 5.08. The minimum atomic E-state index is -0.0602. The molecule has 0 aromatic heterocycles. The normalized spacial score (nSPS) is 15.8. The Morgan fingerprint density at radius 3 is 2.66 bits per heavy atom. The van der Waals surface area contributed by atoms with Crippen molar-refractivity contribution in [2.75, 3.05) is 33.4 Å². The zero-order valence-electron chi connectivity index (χ0n) is 17.9. The van der Waals surface area contributed by atoms with Crippen LogP contribution in [0.1, 0.15) is 51.5 Å². The lowest BCUT2D eigenvalue weighted by atomic mass is 10.1. The van der Waals surface area contributed by atoms with Crippen molar-refractivity contribution in [2.24, 2.45) is 0 Å².